The molecule has 6 nitrogen and oxygen atoms in total. The smallest absolute Gasteiger partial charge is 0.264 e. The zero-order valence-electron chi connectivity index (χ0n) is 15.8. The predicted molar refractivity (Wildman–Crippen MR) is 113 cm³/mol. The fourth-order valence-corrected chi connectivity index (χ4v) is 4.20. The SMILES string of the molecule is CN(c1ccc(Cl)c(C(=O)NCCCc2ccco2)c1)S(=O)(=O)c1ccccc1. The summed E-state index contributed by atoms with van der Waals surface area (Å²) in [6.45, 7) is 0.443. The van der Waals surface area contributed by atoms with Crippen molar-refractivity contribution >= 4 is 33.2 Å². The van der Waals surface area contributed by atoms with E-state index < -0.39 is 10.0 Å². The topological polar surface area (TPSA) is 79.6 Å². The Balaban J connectivity index is 1.71. The van der Waals surface area contributed by atoms with E-state index in [-0.39, 0.29) is 21.4 Å². The first-order chi connectivity index (χ1) is 13.9. The van der Waals surface area contributed by atoms with Crippen LogP contribution in [0.1, 0.15) is 22.5 Å². The molecule has 1 N–H and O–H groups in total. The van der Waals surface area contributed by atoms with Crippen LogP contribution < -0.4 is 9.62 Å². The summed E-state index contributed by atoms with van der Waals surface area (Å²) in [6.07, 6.45) is 3.02. The minimum atomic E-state index is -3.75. The van der Waals surface area contributed by atoms with Gasteiger partial charge in [-0.2, -0.15) is 0 Å². The molecule has 0 aliphatic heterocycles. The monoisotopic (exact) mass is 432 g/mol. The third-order valence-corrected chi connectivity index (χ3v) is 6.55. The molecule has 0 aliphatic rings. The van der Waals surface area contributed by atoms with Crippen molar-refractivity contribution in [2.75, 3.05) is 17.9 Å². The average Bonchev–Trinajstić information content (AvgIpc) is 3.25. The molecule has 0 unspecified atom stereocenters. The average molecular weight is 433 g/mol. The fraction of sp³-hybridized carbons (Fsp3) is 0.190. The highest BCUT2D eigenvalue weighted by Gasteiger charge is 2.22. The minimum Gasteiger partial charge on any atom is -0.469 e. The zero-order valence-corrected chi connectivity index (χ0v) is 17.4. The molecule has 0 fully saturated rings. The fourth-order valence-electron chi connectivity index (χ4n) is 2.79. The van der Waals surface area contributed by atoms with Crippen LogP contribution in [0, 0.1) is 0 Å². The highest BCUT2D eigenvalue weighted by Crippen LogP contribution is 2.26. The van der Waals surface area contributed by atoms with Gasteiger partial charge in [-0.05, 0) is 48.9 Å². The number of carbonyl (C=O) groups is 1. The van der Waals surface area contributed by atoms with E-state index in [2.05, 4.69) is 5.32 Å². The Hall–Kier alpha value is -2.77. The number of rotatable bonds is 8. The van der Waals surface area contributed by atoms with Gasteiger partial charge in [-0.15, -0.1) is 0 Å². The van der Waals surface area contributed by atoms with E-state index in [4.69, 9.17) is 16.0 Å². The molecule has 3 aromatic rings. The molecule has 2 aromatic carbocycles. The second-order valence-electron chi connectivity index (χ2n) is 6.39. The van der Waals surface area contributed by atoms with Gasteiger partial charge in [0.05, 0.1) is 27.4 Å². The van der Waals surface area contributed by atoms with Crippen molar-refractivity contribution in [1.82, 2.24) is 5.32 Å². The predicted octanol–water partition coefficient (Wildman–Crippen LogP) is 4.12. The van der Waals surface area contributed by atoms with Crippen molar-refractivity contribution in [3.05, 3.63) is 83.3 Å². The number of anilines is 1. The quantitative estimate of drug-likeness (QED) is 0.543. The summed E-state index contributed by atoms with van der Waals surface area (Å²) >= 11 is 6.18. The number of nitrogens with zero attached hydrogens (tertiary/aromatic N) is 1. The van der Waals surface area contributed by atoms with Gasteiger partial charge in [-0.25, -0.2) is 8.42 Å². The molecule has 3 rings (SSSR count). The molecular formula is C21H21ClN2O4S. The standard InChI is InChI=1S/C21H21ClN2O4S/c1-24(29(26,27)18-9-3-2-4-10-18)16-11-12-20(22)19(15-16)21(25)23-13-5-7-17-8-6-14-28-17/h2-4,6,8-12,14-15H,5,7,13H2,1H3,(H,23,25). The van der Waals surface area contributed by atoms with Crippen LogP contribution in [0.2, 0.25) is 5.02 Å². The van der Waals surface area contributed by atoms with Gasteiger partial charge >= 0.3 is 0 Å². The third-order valence-electron chi connectivity index (χ3n) is 4.43. The lowest BCUT2D eigenvalue weighted by Gasteiger charge is -2.20. The van der Waals surface area contributed by atoms with E-state index in [9.17, 15) is 13.2 Å². The van der Waals surface area contributed by atoms with E-state index >= 15 is 0 Å². The Bertz CT molecular complexity index is 1070. The van der Waals surface area contributed by atoms with Gasteiger partial charge in [0.15, 0.2) is 0 Å². The Kier molecular flexibility index (Phi) is 6.61. The Morgan fingerprint density at radius 3 is 2.55 bits per heavy atom. The molecule has 1 amide bonds. The summed E-state index contributed by atoms with van der Waals surface area (Å²) in [6, 6.07) is 16.4. The minimum absolute atomic E-state index is 0.168. The lowest BCUT2D eigenvalue weighted by Crippen LogP contribution is -2.28. The number of aryl methyl sites for hydroxylation is 1. The first kappa shape index (κ1) is 21.0. The number of carbonyl (C=O) groups excluding carboxylic acids is 1. The van der Waals surface area contributed by atoms with Crippen LogP contribution in [0.3, 0.4) is 0 Å². The van der Waals surface area contributed by atoms with E-state index in [1.54, 1.807) is 30.5 Å². The lowest BCUT2D eigenvalue weighted by atomic mass is 10.1. The summed E-state index contributed by atoms with van der Waals surface area (Å²) in [7, 11) is -2.30. The second kappa shape index (κ2) is 9.15. The van der Waals surface area contributed by atoms with Gasteiger partial charge in [0.1, 0.15) is 5.76 Å². The number of amides is 1. The number of halogens is 1. The summed E-state index contributed by atoms with van der Waals surface area (Å²) in [4.78, 5) is 12.7. The maximum Gasteiger partial charge on any atom is 0.264 e. The Morgan fingerprint density at radius 1 is 1.10 bits per heavy atom. The van der Waals surface area contributed by atoms with Crippen molar-refractivity contribution in [2.45, 2.75) is 17.7 Å². The first-order valence-electron chi connectivity index (χ1n) is 9.03. The van der Waals surface area contributed by atoms with Crippen molar-refractivity contribution in [3.63, 3.8) is 0 Å². The molecule has 0 saturated heterocycles. The lowest BCUT2D eigenvalue weighted by molar-refractivity contribution is 0.0953. The van der Waals surface area contributed by atoms with Gasteiger partial charge in [-0.1, -0.05) is 29.8 Å². The van der Waals surface area contributed by atoms with Crippen LogP contribution in [0.25, 0.3) is 0 Å². The summed E-state index contributed by atoms with van der Waals surface area (Å²) in [5, 5.41) is 3.06. The van der Waals surface area contributed by atoms with E-state index in [0.29, 0.717) is 25.1 Å². The molecule has 0 spiro atoms. The number of nitrogens with one attached hydrogen (secondary N) is 1. The summed E-state index contributed by atoms with van der Waals surface area (Å²) in [5.74, 6) is 0.494. The number of hydrogen-bond donors (Lipinski definition) is 1. The van der Waals surface area contributed by atoms with Gasteiger partial charge in [0.25, 0.3) is 15.9 Å². The maximum atomic E-state index is 12.8. The van der Waals surface area contributed by atoms with E-state index in [0.717, 1.165) is 10.1 Å². The molecule has 152 valence electrons. The third kappa shape index (κ3) is 4.99. The number of sulfonamides is 1. The van der Waals surface area contributed by atoms with Crippen molar-refractivity contribution in [2.24, 2.45) is 0 Å². The molecule has 29 heavy (non-hydrogen) atoms. The van der Waals surface area contributed by atoms with Crippen LogP contribution in [0.5, 0.6) is 0 Å². The Morgan fingerprint density at radius 2 is 1.86 bits per heavy atom. The van der Waals surface area contributed by atoms with Crippen molar-refractivity contribution in [1.29, 1.82) is 0 Å². The van der Waals surface area contributed by atoms with E-state index in [1.807, 2.05) is 12.1 Å². The highest BCUT2D eigenvalue weighted by molar-refractivity contribution is 7.92. The van der Waals surface area contributed by atoms with Gasteiger partial charge in [0.2, 0.25) is 0 Å². The molecule has 0 bridgehead atoms. The zero-order chi connectivity index (χ0) is 20.9. The van der Waals surface area contributed by atoms with Gasteiger partial charge in [0, 0.05) is 20.0 Å². The van der Waals surface area contributed by atoms with Crippen LogP contribution in [-0.4, -0.2) is 27.9 Å². The van der Waals surface area contributed by atoms with Crippen LogP contribution >= 0.6 is 11.6 Å². The van der Waals surface area contributed by atoms with Gasteiger partial charge in [-0.3, -0.25) is 9.10 Å². The molecule has 8 heteroatoms. The normalized spacial score (nSPS) is 11.2. The molecule has 0 aliphatic carbocycles. The highest BCUT2D eigenvalue weighted by atomic mass is 35.5. The number of furan rings is 1. The van der Waals surface area contributed by atoms with Gasteiger partial charge < -0.3 is 9.73 Å². The van der Waals surface area contributed by atoms with Crippen molar-refractivity contribution < 1.29 is 17.6 Å². The van der Waals surface area contributed by atoms with Crippen LogP contribution in [0.15, 0.2) is 76.2 Å². The number of hydrogen-bond acceptors (Lipinski definition) is 4. The van der Waals surface area contributed by atoms with Crippen LogP contribution in [-0.2, 0) is 16.4 Å². The molecule has 0 atom stereocenters. The summed E-state index contributed by atoms with van der Waals surface area (Å²) < 4.78 is 32.0. The number of benzene rings is 2. The first-order valence-corrected chi connectivity index (χ1v) is 10.9. The molecule has 1 heterocycles. The second-order valence-corrected chi connectivity index (χ2v) is 8.77. The van der Waals surface area contributed by atoms with Crippen LogP contribution in [0.4, 0.5) is 5.69 Å². The van der Waals surface area contributed by atoms with E-state index in [1.165, 1.54) is 31.3 Å². The molecular weight excluding hydrogens is 412 g/mol. The molecule has 0 saturated carbocycles. The molecule has 1 aromatic heterocycles. The largest absolute Gasteiger partial charge is 0.469 e. The molecule has 0 radical (unpaired) electrons. The maximum absolute atomic E-state index is 12.8. The summed E-state index contributed by atoms with van der Waals surface area (Å²) in [5.41, 5.74) is 0.566. The Labute approximate surface area is 175 Å². The van der Waals surface area contributed by atoms with Crippen molar-refractivity contribution in [3.8, 4) is 0 Å².